The predicted octanol–water partition coefficient (Wildman–Crippen LogP) is 1.85. The first-order chi connectivity index (χ1) is 7.95. The second kappa shape index (κ2) is 6.19. The molecule has 1 rings (SSSR count). The molecule has 0 saturated carbocycles. The highest BCUT2D eigenvalue weighted by molar-refractivity contribution is 4.97. The number of hydrogen-bond donors (Lipinski definition) is 1. The quantitative estimate of drug-likeness (QED) is 0.790. The van der Waals surface area contributed by atoms with E-state index in [4.69, 9.17) is 14.9 Å². The van der Waals surface area contributed by atoms with E-state index in [0.29, 0.717) is 0 Å². The standard InChI is InChI=1S/C13H24N2O2/c1-13(2,16-4)12(14)7-8-15(3)10-11-6-5-9-17-11/h5-6,9,12H,7-8,10,14H2,1-4H3. The van der Waals surface area contributed by atoms with Crippen molar-refractivity contribution in [1.82, 2.24) is 4.90 Å². The summed E-state index contributed by atoms with van der Waals surface area (Å²) in [7, 11) is 3.77. The lowest BCUT2D eigenvalue weighted by atomic mass is 9.96. The minimum Gasteiger partial charge on any atom is -0.468 e. The monoisotopic (exact) mass is 240 g/mol. The Morgan fingerprint density at radius 1 is 1.53 bits per heavy atom. The molecule has 0 aromatic carbocycles. The second-order valence-corrected chi connectivity index (χ2v) is 5.02. The van der Waals surface area contributed by atoms with E-state index in [2.05, 4.69) is 11.9 Å². The average Bonchev–Trinajstić information content (AvgIpc) is 2.78. The van der Waals surface area contributed by atoms with Gasteiger partial charge in [-0.1, -0.05) is 0 Å². The van der Waals surface area contributed by atoms with Crippen LogP contribution in [0.25, 0.3) is 0 Å². The lowest BCUT2D eigenvalue weighted by molar-refractivity contribution is -0.00342. The Bertz CT molecular complexity index is 309. The predicted molar refractivity (Wildman–Crippen MR) is 68.7 cm³/mol. The SMILES string of the molecule is COC(C)(C)C(N)CCN(C)Cc1ccco1. The van der Waals surface area contributed by atoms with Crippen LogP contribution >= 0.6 is 0 Å². The number of furan rings is 1. The third-order valence-electron chi connectivity index (χ3n) is 3.25. The smallest absolute Gasteiger partial charge is 0.117 e. The van der Waals surface area contributed by atoms with Gasteiger partial charge < -0.3 is 14.9 Å². The molecule has 0 bridgehead atoms. The van der Waals surface area contributed by atoms with Crippen molar-refractivity contribution < 1.29 is 9.15 Å². The molecule has 0 amide bonds. The molecule has 1 atom stereocenters. The summed E-state index contributed by atoms with van der Waals surface area (Å²) in [5.41, 5.74) is 5.84. The fourth-order valence-corrected chi connectivity index (χ4v) is 1.61. The molecular weight excluding hydrogens is 216 g/mol. The molecule has 0 saturated heterocycles. The van der Waals surface area contributed by atoms with Gasteiger partial charge in [0.25, 0.3) is 0 Å². The van der Waals surface area contributed by atoms with Crippen LogP contribution in [0.4, 0.5) is 0 Å². The third kappa shape index (κ3) is 4.50. The molecule has 0 aliphatic carbocycles. The molecule has 4 heteroatoms. The molecule has 1 unspecified atom stereocenters. The molecule has 4 nitrogen and oxygen atoms in total. The maximum absolute atomic E-state index is 6.11. The summed E-state index contributed by atoms with van der Waals surface area (Å²) in [6, 6.07) is 3.92. The molecule has 0 aliphatic heterocycles. The lowest BCUT2D eigenvalue weighted by Crippen LogP contribution is -2.46. The number of ether oxygens (including phenoxy) is 1. The van der Waals surface area contributed by atoms with E-state index in [0.717, 1.165) is 25.3 Å². The van der Waals surface area contributed by atoms with Gasteiger partial charge in [0.05, 0.1) is 18.4 Å². The van der Waals surface area contributed by atoms with E-state index in [9.17, 15) is 0 Å². The van der Waals surface area contributed by atoms with Crippen LogP contribution in [-0.2, 0) is 11.3 Å². The third-order valence-corrected chi connectivity index (χ3v) is 3.25. The van der Waals surface area contributed by atoms with Crippen LogP contribution < -0.4 is 5.73 Å². The van der Waals surface area contributed by atoms with Gasteiger partial charge in [0.15, 0.2) is 0 Å². The van der Waals surface area contributed by atoms with Gasteiger partial charge in [-0.15, -0.1) is 0 Å². The van der Waals surface area contributed by atoms with Crippen LogP contribution in [0.3, 0.4) is 0 Å². The summed E-state index contributed by atoms with van der Waals surface area (Å²) in [6.07, 6.45) is 2.60. The zero-order chi connectivity index (χ0) is 12.9. The first-order valence-corrected chi connectivity index (χ1v) is 5.97. The van der Waals surface area contributed by atoms with E-state index in [1.165, 1.54) is 0 Å². The van der Waals surface area contributed by atoms with Crippen molar-refractivity contribution in [2.24, 2.45) is 5.73 Å². The van der Waals surface area contributed by atoms with Gasteiger partial charge in [-0.25, -0.2) is 0 Å². The maximum atomic E-state index is 6.11. The van der Waals surface area contributed by atoms with Gasteiger partial charge >= 0.3 is 0 Å². The Morgan fingerprint density at radius 3 is 2.76 bits per heavy atom. The van der Waals surface area contributed by atoms with Gasteiger partial charge in [-0.2, -0.15) is 0 Å². The molecule has 1 aromatic heterocycles. The fourth-order valence-electron chi connectivity index (χ4n) is 1.61. The second-order valence-electron chi connectivity index (χ2n) is 5.02. The highest BCUT2D eigenvalue weighted by Crippen LogP contribution is 2.15. The topological polar surface area (TPSA) is 51.6 Å². The van der Waals surface area contributed by atoms with Gasteiger partial charge in [-0.3, -0.25) is 4.90 Å². The fraction of sp³-hybridized carbons (Fsp3) is 0.692. The summed E-state index contributed by atoms with van der Waals surface area (Å²) >= 11 is 0. The number of nitrogens with two attached hydrogens (primary N) is 1. The van der Waals surface area contributed by atoms with Crippen LogP contribution in [-0.4, -0.2) is 37.2 Å². The van der Waals surface area contributed by atoms with Crippen LogP contribution in [0.1, 0.15) is 26.0 Å². The number of rotatable bonds is 7. The Kier molecular flexibility index (Phi) is 5.18. The molecule has 1 aromatic rings. The van der Waals surface area contributed by atoms with Crippen molar-refractivity contribution in [3.8, 4) is 0 Å². The number of nitrogens with zero attached hydrogens (tertiary/aromatic N) is 1. The summed E-state index contributed by atoms with van der Waals surface area (Å²) in [4.78, 5) is 2.20. The van der Waals surface area contributed by atoms with Crippen LogP contribution in [0.2, 0.25) is 0 Å². The first-order valence-electron chi connectivity index (χ1n) is 5.97. The summed E-state index contributed by atoms with van der Waals surface area (Å²) in [5, 5.41) is 0. The molecular formula is C13H24N2O2. The molecule has 98 valence electrons. The normalized spacial score (nSPS) is 14.2. The van der Waals surface area contributed by atoms with Crippen LogP contribution in [0.5, 0.6) is 0 Å². The highest BCUT2D eigenvalue weighted by Gasteiger charge is 2.25. The largest absolute Gasteiger partial charge is 0.468 e. The Morgan fingerprint density at radius 2 is 2.24 bits per heavy atom. The zero-order valence-corrected chi connectivity index (χ0v) is 11.3. The van der Waals surface area contributed by atoms with Crippen molar-refractivity contribution in [2.75, 3.05) is 20.7 Å². The summed E-state index contributed by atoms with van der Waals surface area (Å²) in [5.74, 6) is 0.979. The number of methoxy groups -OCH3 is 1. The van der Waals surface area contributed by atoms with Gasteiger partial charge in [0.2, 0.25) is 0 Å². The van der Waals surface area contributed by atoms with Gasteiger partial charge in [0, 0.05) is 13.2 Å². The summed E-state index contributed by atoms with van der Waals surface area (Å²) in [6.45, 7) is 5.77. The van der Waals surface area contributed by atoms with Crippen molar-refractivity contribution in [3.05, 3.63) is 24.2 Å². The molecule has 1 heterocycles. The first kappa shape index (κ1) is 14.2. The lowest BCUT2D eigenvalue weighted by Gasteiger charge is -2.31. The minimum absolute atomic E-state index is 0.0338. The van der Waals surface area contributed by atoms with Crippen molar-refractivity contribution in [3.63, 3.8) is 0 Å². The molecule has 0 fully saturated rings. The molecule has 0 radical (unpaired) electrons. The molecule has 0 spiro atoms. The summed E-state index contributed by atoms with van der Waals surface area (Å²) < 4.78 is 10.7. The van der Waals surface area contributed by atoms with E-state index in [-0.39, 0.29) is 11.6 Å². The zero-order valence-electron chi connectivity index (χ0n) is 11.3. The molecule has 0 aliphatic rings. The van der Waals surface area contributed by atoms with E-state index < -0.39 is 0 Å². The minimum atomic E-state index is -0.272. The Labute approximate surface area is 104 Å². The van der Waals surface area contributed by atoms with E-state index in [1.54, 1.807) is 13.4 Å². The Balaban J connectivity index is 2.30. The van der Waals surface area contributed by atoms with E-state index in [1.807, 2.05) is 26.0 Å². The van der Waals surface area contributed by atoms with Gasteiger partial charge in [0.1, 0.15) is 5.76 Å². The molecule has 17 heavy (non-hydrogen) atoms. The highest BCUT2D eigenvalue weighted by atomic mass is 16.5. The maximum Gasteiger partial charge on any atom is 0.117 e. The average molecular weight is 240 g/mol. The van der Waals surface area contributed by atoms with Crippen molar-refractivity contribution in [1.29, 1.82) is 0 Å². The molecule has 2 N–H and O–H groups in total. The van der Waals surface area contributed by atoms with Crippen molar-refractivity contribution >= 4 is 0 Å². The van der Waals surface area contributed by atoms with E-state index >= 15 is 0 Å². The van der Waals surface area contributed by atoms with Gasteiger partial charge in [-0.05, 0) is 46.0 Å². The van der Waals surface area contributed by atoms with Crippen molar-refractivity contribution in [2.45, 2.75) is 38.5 Å². The number of hydrogen-bond acceptors (Lipinski definition) is 4. The van der Waals surface area contributed by atoms with Crippen LogP contribution in [0.15, 0.2) is 22.8 Å². The van der Waals surface area contributed by atoms with Crippen LogP contribution in [0, 0.1) is 0 Å². The Hall–Kier alpha value is -0.840.